The van der Waals surface area contributed by atoms with Crippen molar-refractivity contribution in [3.05, 3.63) is 76.7 Å². The molecular weight excluding hydrogens is 438 g/mol. The van der Waals surface area contributed by atoms with E-state index in [2.05, 4.69) is 15.8 Å². The van der Waals surface area contributed by atoms with Gasteiger partial charge in [-0.2, -0.15) is 26.3 Å². The topological polar surface area (TPSA) is 59.0 Å². The lowest BCUT2D eigenvalue weighted by Gasteiger charge is -2.16. The lowest BCUT2D eigenvalue weighted by Crippen LogP contribution is -2.32. The van der Waals surface area contributed by atoms with Crippen LogP contribution in [0.3, 0.4) is 0 Å². The Morgan fingerprint density at radius 2 is 1.70 bits per heavy atom. The summed E-state index contributed by atoms with van der Waals surface area (Å²) in [6.45, 7) is 0. The third-order valence-corrected chi connectivity index (χ3v) is 4.18. The number of benzene rings is 1. The molecule has 0 saturated heterocycles. The minimum Gasteiger partial charge on any atom is -0.298 e. The molecular formula is C18H11ClF6N4O. The van der Waals surface area contributed by atoms with E-state index in [1.807, 2.05) is 0 Å². The van der Waals surface area contributed by atoms with Crippen molar-refractivity contribution in [2.45, 2.75) is 12.4 Å². The molecule has 1 amide bonds. The zero-order chi connectivity index (χ0) is 22.1. The van der Waals surface area contributed by atoms with Crippen molar-refractivity contribution >= 4 is 23.2 Å². The first-order valence-corrected chi connectivity index (χ1v) is 8.49. The van der Waals surface area contributed by atoms with Crippen molar-refractivity contribution in [1.82, 2.24) is 15.0 Å². The summed E-state index contributed by atoms with van der Waals surface area (Å²) in [6.07, 6.45) is -7.42. The average Bonchev–Trinajstić information content (AvgIpc) is 3.14. The van der Waals surface area contributed by atoms with E-state index >= 15 is 0 Å². The largest absolute Gasteiger partial charge is 0.418 e. The summed E-state index contributed by atoms with van der Waals surface area (Å²) in [6, 6.07) is 7.84. The van der Waals surface area contributed by atoms with Gasteiger partial charge in [-0.05, 0) is 30.3 Å². The van der Waals surface area contributed by atoms with Gasteiger partial charge in [0.2, 0.25) is 0 Å². The third kappa shape index (κ3) is 4.51. The molecule has 2 N–H and O–H groups in total. The highest BCUT2D eigenvalue weighted by Crippen LogP contribution is 2.34. The molecule has 1 aromatic carbocycles. The molecule has 0 aliphatic rings. The molecule has 2 aromatic heterocycles. The van der Waals surface area contributed by atoms with Crippen molar-refractivity contribution in [2.75, 3.05) is 5.43 Å². The summed E-state index contributed by atoms with van der Waals surface area (Å²) in [5, 5.41) is -0.370. The summed E-state index contributed by atoms with van der Waals surface area (Å²) >= 11 is 5.89. The maximum atomic E-state index is 13.0. The molecule has 0 spiro atoms. The summed E-state index contributed by atoms with van der Waals surface area (Å²) < 4.78 is 78.5. The summed E-state index contributed by atoms with van der Waals surface area (Å²) in [5.74, 6) is -1.02. The first-order valence-electron chi connectivity index (χ1n) is 8.11. The molecule has 30 heavy (non-hydrogen) atoms. The van der Waals surface area contributed by atoms with Gasteiger partial charge in [-0.15, -0.1) is 0 Å². The number of nitrogens with one attached hydrogen (secondary N) is 2. The Hall–Kier alpha value is -3.21. The van der Waals surface area contributed by atoms with Crippen LogP contribution in [0.2, 0.25) is 5.02 Å². The standard InChI is InChI=1S/C18H11ClF6N4O/c19-12-8-10(17(20,21)22)9-26-15(12)29-7-3-6-14(29)16(30)28-27-13-5-2-1-4-11(13)18(23,24)25/h1-9,27H,(H,28,30). The minimum absolute atomic E-state index is 0.124. The van der Waals surface area contributed by atoms with Crippen LogP contribution in [0.4, 0.5) is 32.0 Å². The number of anilines is 1. The maximum Gasteiger partial charge on any atom is 0.418 e. The zero-order valence-electron chi connectivity index (χ0n) is 14.6. The van der Waals surface area contributed by atoms with E-state index in [0.29, 0.717) is 12.3 Å². The molecule has 0 aliphatic heterocycles. The number of alkyl halides is 6. The van der Waals surface area contributed by atoms with Gasteiger partial charge < -0.3 is 0 Å². The summed E-state index contributed by atoms with van der Waals surface area (Å²) in [5.41, 5.74) is 1.74. The number of halogens is 7. The quantitative estimate of drug-likeness (QED) is 0.419. The summed E-state index contributed by atoms with van der Waals surface area (Å²) in [7, 11) is 0. The second-order valence-electron chi connectivity index (χ2n) is 5.91. The number of pyridine rings is 1. The molecule has 5 nitrogen and oxygen atoms in total. The lowest BCUT2D eigenvalue weighted by atomic mass is 10.2. The predicted octanol–water partition coefficient (Wildman–Crippen LogP) is 5.32. The first-order chi connectivity index (χ1) is 14.0. The maximum absolute atomic E-state index is 13.0. The van der Waals surface area contributed by atoms with Crippen LogP contribution >= 0.6 is 11.6 Å². The molecule has 0 fully saturated rings. The Labute approximate surface area is 170 Å². The van der Waals surface area contributed by atoms with Crippen LogP contribution < -0.4 is 10.9 Å². The van der Waals surface area contributed by atoms with E-state index < -0.39 is 29.4 Å². The number of rotatable bonds is 4. The van der Waals surface area contributed by atoms with Crippen molar-refractivity contribution in [3.8, 4) is 5.82 Å². The molecule has 158 valence electrons. The number of nitrogens with zero attached hydrogens (tertiary/aromatic N) is 2. The first kappa shape index (κ1) is 21.5. The van der Waals surface area contributed by atoms with Gasteiger partial charge in [-0.3, -0.25) is 20.2 Å². The smallest absolute Gasteiger partial charge is 0.298 e. The van der Waals surface area contributed by atoms with E-state index in [0.717, 1.165) is 16.7 Å². The lowest BCUT2D eigenvalue weighted by molar-refractivity contribution is -0.138. The number of hydrazine groups is 1. The van der Waals surface area contributed by atoms with Crippen molar-refractivity contribution in [1.29, 1.82) is 0 Å². The normalized spacial score (nSPS) is 12.0. The summed E-state index contributed by atoms with van der Waals surface area (Å²) in [4.78, 5) is 16.1. The van der Waals surface area contributed by atoms with Crippen LogP contribution in [-0.4, -0.2) is 15.5 Å². The molecule has 0 atom stereocenters. The van der Waals surface area contributed by atoms with Gasteiger partial charge in [0.15, 0.2) is 5.82 Å². The van der Waals surface area contributed by atoms with E-state index in [9.17, 15) is 31.1 Å². The zero-order valence-corrected chi connectivity index (χ0v) is 15.4. The van der Waals surface area contributed by atoms with Gasteiger partial charge in [-0.25, -0.2) is 4.98 Å². The van der Waals surface area contributed by atoms with Crippen molar-refractivity contribution < 1.29 is 31.1 Å². The molecule has 0 saturated carbocycles. The molecule has 12 heteroatoms. The monoisotopic (exact) mass is 448 g/mol. The average molecular weight is 449 g/mol. The van der Waals surface area contributed by atoms with Gasteiger partial charge in [0.25, 0.3) is 5.91 Å². The van der Waals surface area contributed by atoms with Gasteiger partial charge in [0.1, 0.15) is 5.69 Å². The Balaban J connectivity index is 1.84. The SMILES string of the molecule is O=C(NNc1ccccc1C(F)(F)F)c1cccn1-c1ncc(C(F)(F)F)cc1Cl. The fourth-order valence-electron chi connectivity index (χ4n) is 2.54. The fraction of sp³-hybridized carbons (Fsp3) is 0.111. The second kappa shape index (κ2) is 7.90. The molecule has 0 bridgehead atoms. The van der Waals surface area contributed by atoms with Crippen LogP contribution in [0, 0.1) is 0 Å². The van der Waals surface area contributed by atoms with Crippen molar-refractivity contribution in [3.63, 3.8) is 0 Å². The second-order valence-corrected chi connectivity index (χ2v) is 6.32. The number of carbonyl (C=O) groups excluding carboxylic acids is 1. The van der Waals surface area contributed by atoms with Crippen LogP contribution in [-0.2, 0) is 12.4 Å². The van der Waals surface area contributed by atoms with Gasteiger partial charge in [0, 0.05) is 12.4 Å². The number of hydrogen-bond donors (Lipinski definition) is 2. The Bertz CT molecular complexity index is 1080. The van der Waals surface area contributed by atoms with Crippen molar-refractivity contribution in [2.24, 2.45) is 0 Å². The van der Waals surface area contributed by atoms with Crippen LogP contribution in [0.15, 0.2) is 54.9 Å². The van der Waals surface area contributed by atoms with Crippen LogP contribution in [0.25, 0.3) is 5.82 Å². The Kier molecular flexibility index (Phi) is 5.66. The molecule has 0 aliphatic carbocycles. The number of carbonyl (C=O) groups is 1. The highest BCUT2D eigenvalue weighted by Gasteiger charge is 2.34. The molecule has 3 aromatic rings. The molecule has 0 unspecified atom stereocenters. The van der Waals surface area contributed by atoms with E-state index in [1.165, 1.54) is 30.5 Å². The van der Waals surface area contributed by atoms with E-state index in [-0.39, 0.29) is 22.2 Å². The van der Waals surface area contributed by atoms with Gasteiger partial charge in [-0.1, -0.05) is 23.7 Å². The van der Waals surface area contributed by atoms with Gasteiger partial charge in [0.05, 0.1) is 21.8 Å². The predicted molar refractivity (Wildman–Crippen MR) is 96.1 cm³/mol. The highest BCUT2D eigenvalue weighted by atomic mass is 35.5. The van der Waals surface area contributed by atoms with E-state index in [4.69, 9.17) is 11.6 Å². The molecule has 3 rings (SSSR count). The van der Waals surface area contributed by atoms with Crippen LogP contribution in [0.1, 0.15) is 21.6 Å². The van der Waals surface area contributed by atoms with Crippen LogP contribution in [0.5, 0.6) is 0 Å². The fourth-order valence-corrected chi connectivity index (χ4v) is 2.80. The number of hydrogen-bond acceptors (Lipinski definition) is 3. The highest BCUT2D eigenvalue weighted by molar-refractivity contribution is 6.32. The number of aromatic nitrogens is 2. The number of amides is 1. The van der Waals surface area contributed by atoms with Gasteiger partial charge >= 0.3 is 12.4 Å². The Morgan fingerprint density at radius 1 is 1.00 bits per heavy atom. The molecule has 2 heterocycles. The third-order valence-electron chi connectivity index (χ3n) is 3.90. The van der Waals surface area contributed by atoms with E-state index in [1.54, 1.807) is 0 Å². The Morgan fingerprint density at radius 3 is 2.33 bits per heavy atom. The molecule has 0 radical (unpaired) electrons. The number of para-hydroxylation sites is 1. The minimum atomic E-state index is -4.65.